The summed E-state index contributed by atoms with van der Waals surface area (Å²) in [5.74, 6) is 1.38. The highest BCUT2D eigenvalue weighted by molar-refractivity contribution is 5.92. The summed E-state index contributed by atoms with van der Waals surface area (Å²) in [4.78, 5) is 23.6. The van der Waals surface area contributed by atoms with Crippen molar-refractivity contribution in [3.05, 3.63) is 23.3 Å². The molecule has 0 aromatic rings. The Balaban J connectivity index is 1.55. The van der Waals surface area contributed by atoms with Gasteiger partial charge in [-0.15, -0.1) is 0 Å². The van der Waals surface area contributed by atoms with E-state index in [4.69, 9.17) is 9.47 Å². The molecule has 0 amide bonds. The van der Waals surface area contributed by atoms with E-state index in [0.29, 0.717) is 30.6 Å². The molecule has 4 nitrogen and oxygen atoms in total. The molecule has 5 aliphatic rings. The first-order valence-electron chi connectivity index (χ1n) is 9.68. The van der Waals surface area contributed by atoms with Gasteiger partial charge in [0.05, 0.1) is 0 Å². The molecule has 5 atom stereocenters. The number of ether oxygens (including phenoxy) is 2. The number of ketones is 1. The van der Waals surface area contributed by atoms with Gasteiger partial charge in [-0.25, -0.2) is 4.79 Å². The van der Waals surface area contributed by atoms with Gasteiger partial charge in [0.25, 0.3) is 0 Å². The highest BCUT2D eigenvalue weighted by atomic mass is 16.8. The van der Waals surface area contributed by atoms with E-state index in [0.717, 1.165) is 38.5 Å². The zero-order valence-corrected chi connectivity index (χ0v) is 15.1. The Morgan fingerprint density at radius 3 is 2.72 bits per heavy atom. The van der Waals surface area contributed by atoms with E-state index in [1.807, 2.05) is 6.08 Å². The maximum absolute atomic E-state index is 11.9. The average Bonchev–Trinajstić information content (AvgIpc) is 3.10. The normalized spacial score (nSPS) is 48.1. The Bertz CT molecular complexity index is 734. The van der Waals surface area contributed by atoms with E-state index in [9.17, 15) is 9.59 Å². The summed E-state index contributed by atoms with van der Waals surface area (Å²) < 4.78 is 11.0. The van der Waals surface area contributed by atoms with Crippen molar-refractivity contribution in [1.82, 2.24) is 0 Å². The molecule has 0 aromatic heterocycles. The fourth-order valence-corrected chi connectivity index (χ4v) is 6.74. The van der Waals surface area contributed by atoms with Crippen LogP contribution >= 0.6 is 0 Å². The molecule has 4 aliphatic carbocycles. The van der Waals surface area contributed by atoms with Crippen molar-refractivity contribution in [3.8, 4) is 0 Å². The summed E-state index contributed by atoms with van der Waals surface area (Å²) in [5.41, 5.74) is 2.50. The van der Waals surface area contributed by atoms with Gasteiger partial charge in [0.1, 0.15) is 6.61 Å². The third kappa shape index (κ3) is 1.83. The molecule has 134 valence electrons. The van der Waals surface area contributed by atoms with Crippen molar-refractivity contribution in [2.24, 2.45) is 22.7 Å². The summed E-state index contributed by atoms with van der Waals surface area (Å²) in [6, 6.07) is 0. The van der Waals surface area contributed by atoms with Gasteiger partial charge in [-0.2, -0.15) is 0 Å². The number of rotatable bonds is 0. The second kappa shape index (κ2) is 4.77. The summed E-state index contributed by atoms with van der Waals surface area (Å²) in [6.07, 6.45) is 10.6. The molecule has 1 spiro atoms. The van der Waals surface area contributed by atoms with Gasteiger partial charge in [0, 0.05) is 17.3 Å². The van der Waals surface area contributed by atoms with Crippen LogP contribution in [-0.4, -0.2) is 24.1 Å². The van der Waals surface area contributed by atoms with E-state index in [1.165, 1.54) is 5.57 Å². The fraction of sp³-hybridized carbons (Fsp3) is 0.714. The molecule has 1 saturated heterocycles. The van der Waals surface area contributed by atoms with Gasteiger partial charge < -0.3 is 9.47 Å². The number of carbonyl (C=O) groups is 2. The molecule has 1 heterocycles. The minimum Gasteiger partial charge on any atom is -0.430 e. The van der Waals surface area contributed by atoms with Gasteiger partial charge in [0.15, 0.2) is 11.4 Å². The molecule has 3 fully saturated rings. The van der Waals surface area contributed by atoms with Crippen LogP contribution in [0.15, 0.2) is 23.3 Å². The molecule has 1 aliphatic heterocycles. The maximum Gasteiger partial charge on any atom is 0.509 e. The zero-order valence-electron chi connectivity index (χ0n) is 15.1. The molecule has 0 bridgehead atoms. The molecular formula is C21H26O4. The minimum atomic E-state index is -0.497. The van der Waals surface area contributed by atoms with Crippen LogP contribution in [0, 0.1) is 22.7 Å². The zero-order chi connectivity index (χ0) is 17.4. The third-order valence-corrected chi connectivity index (χ3v) is 8.33. The lowest BCUT2D eigenvalue weighted by Crippen LogP contribution is -2.52. The van der Waals surface area contributed by atoms with Crippen molar-refractivity contribution < 1.29 is 19.1 Å². The van der Waals surface area contributed by atoms with E-state index >= 15 is 0 Å². The number of allylic oxidation sites excluding steroid dienone is 4. The van der Waals surface area contributed by atoms with Gasteiger partial charge >= 0.3 is 6.16 Å². The highest BCUT2D eigenvalue weighted by Gasteiger charge is 2.66. The number of fused-ring (bicyclic) bond motifs is 6. The molecule has 25 heavy (non-hydrogen) atoms. The third-order valence-electron chi connectivity index (χ3n) is 8.33. The smallest absolute Gasteiger partial charge is 0.430 e. The van der Waals surface area contributed by atoms with Gasteiger partial charge in [0.2, 0.25) is 0 Å². The van der Waals surface area contributed by atoms with Gasteiger partial charge in [-0.1, -0.05) is 31.1 Å². The van der Waals surface area contributed by atoms with Crippen LogP contribution < -0.4 is 0 Å². The summed E-state index contributed by atoms with van der Waals surface area (Å²) in [6.45, 7) is 5.05. The molecule has 0 aromatic carbocycles. The fourth-order valence-electron chi connectivity index (χ4n) is 6.74. The van der Waals surface area contributed by atoms with Crippen molar-refractivity contribution in [2.75, 3.05) is 6.61 Å². The van der Waals surface area contributed by atoms with Crippen molar-refractivity contribution in [3.63, 3.8) is 0 Å². The van der Waals surface area contributed by atoms with Crippen molar-refractivity contribution in [1.29, 1.82) is 0 Å². The van der Waals surface area contributed by atoms with E-state index in [-0.39, 0.29) is 10.8 Å². The highest BCUT2D eigenvalue weighted by Crippen LogP contribution is 2.66. The Labute approximate surface area is 148 Å². The van der Waals surface area contributed by atoms with Gasteiger partial charge in [-0.05, 0) is 56.4 Å². The van der Waals surface area contributed by atoms with Crippen LogP contribution in [0.3, 0.4) is 0 Å². The SMILES string of the molecule is C[C@]12CCC(=O)C=C1CCC1C2=CC[C@@]2(C)C1CCC21COC(=O)O1. The lowest BCUT2D eigenvalue weighted by molar-refractivity contribution is -0.115. The molecule has 3 unspecified atom stereocenters. The lowest BCUT2D eigenvalue weighted by atomic mass is 9.51. The Morgan fingerprint density at radius 1 is 1.12 bits per heavy atom. The van der Waals surface area contributed by atoms with Crippen LogP contribution in [0.4, 0.5) is 4.79 Å². The Kier molecular flexibility index (Phi) is 2.99. The monoisotopic (exact) mass is 342 g/mol. The number of carbonyl (C=O) groups excluding carboxylic acids is 2. The first kappa shape index (κ1) is 15.7. The molecule has 5 rings (SSSR count). The van der Waals surface area contributed by atoms with Crippen LogP contribution in [0.5, 0.6) is 0 Å². The number of hydrogen-bond donors (Lipinski definition) is 0. The Hall–Kier alpha value is -1.58. The lowest BCUT2D eigenvalue weighted by Gasteiger charge is -2.54. The number of hydrogen-bond acceptors (Lipinski definition) is 4. The topological polar surface area (TPSA) is 52.6 Å². The molecular weight excluding hydrogens is 316 g/mol. The van der Waals surface area contributed by atoms with Crippen LogP contribution in [0.2, 0.25) is 0 Å². The largest absolute Gasteiger partial charge is 0.509 e. The van der Waals surface area contributed by atoms with Crippen molar-refractivity contribution in [2.45, 2.75) is 64.4 Å². The van der Waals surface area contributed by atoms with E-state index < -0.39 is 11.8 Å². The van der Waals surface area contributed by atoms with Crippen LogP contribution in [0.25, 0.3) is 0 Å². The Morgan fingerprint density at radius 2 is 1.96 bits per heavy atom. The van der Waals surface area contributed by atoms with Crippen molar-refractivity contribution >= 4 is 11.9 Å². The predicted octanol–water partition coefficient (Wildman–Crippen LogP) is 4.34. The molecule has 0 radical (unpaired) electrons. The second-order valence-electron chi connectivity index (χ2n) is 9.17. The quantitative estimate of drug-likeness (QED) is 0.485. The minimum absolute atomic E-state index is 0.0324. The standard InChI is InChI=1S/C21H26O4/c1-19-8-5-14(22)11-13(19)3-4-15-16(19)6-9-20(2)17(15)7-10-21(20)12-24-18(23)25-21/h6,11,15,17H,3-5,7-10,12H2,1-2H3/t15?,17?,19-,20-,21?/m0/s1. The summed E-state index contributed by atoms with van der Waals surface area (Å²) in [5, 5.41) is 0. The summed E-state index contributed by atoms with van der Waals surface area (Å²) in [7, 11) is 0. The van der Waals surface area contributed by atoms with Crippen LogP contribution in [-0.2, 0) is 14.3 Å². The molecule has 2 saturated carbocycles. The first-order valence-corrected chi connectivity index (χ1v) is 9.68. The first-order chi connectivity index (χ1) is 11.9. The maximum atomic E-state index is 11.9. The second-order valence-corrected chi connectivity index (χ2v) is 9.17. The predicted molar refractivity (Wildman–Crippen MR) is 91.9 cm³/mol. The number of cyclic esters (lactones) is 1. The summed E-state index contributed by atoms with van der Waals surface area (Å²) >= 11 is 0. The van der Waals surface area contributed by atoms with Crippen LogP contribution in [0.1, 0.15) is 58.8 Å². The average molecular weight is 342 g/mol. The van der Waals surface area contributed by atoms with E-state index in [1.54, 1.807) is 5.57 Å². The molecule has 4 heteroatoms. The molecule has 0 N–H and O–H groups in total. The van der Waals surface area contributed by atoms with Gasteiger partial charge in [-0.3, -0.25) is 4.79 Å². The van der Waals surface area contributed by atoms with E-state index in [2.05, 4.69) is 19.9 Å².